The van der Waals surface area contributed by atoms with Crippen LogP contribution in [0, 0.1) is 11.8 Å². The minimum Gasteiger partial charge on any atom is -0.378 e. The van der Waals surface area contributed by atoms with E-state index in [0.717, 1.165) is 11.3 Å². The van der Waals surface area contributed by atoms with Gasteiger partial charge in [0.25, 0.3) is 0 Å². The van der Waals surface area contributed by atoms with Gasteiger partial charge in [-0.1, -0.05) is 24.5 Å². The van der Waals surface area contributed by atoms with Gasteiger partial charge in [-0.3, -0.25) is 0 Å². The van der Waals surface area contributed by atoms with Crippen molar-refractivity contribution in [2.24, 2.45) is 0 Å². The van der Waals surface area contributed by atoms with Gasteiger partial charge in [-0.05, 0) is 24.3 Å². The lowest BCUT2D eigenvalue weighted by Gasteiger charge is -2.11. The number of benzene rings is 1. The molecule has 0 aliphatic carbocycles. The molecule has 1 atom stereocenters. The maximum absolute atomic E-state index is 9.16. The SMILES string of the molecule is C=CC(O)C#Cc1ccc(N(C)C)cc1. The van der Waals surface area contributed by atoms with Crippen molar-refractivity contribution in [3.05, 3.63) is 42.5 Å². The van der Waals surface area contributed by atoms with E-state index in [1.165, 1.54) is 6.08 Å². The summed E-state index contributed by atoms with van der Waals surface area (Å²) in [6.45, 7) is 3.45. The normalized spacial score (nSPS) is 11.1. The average Bonchev–Trinajstić information content (AvgIpc) is 2.26. The van der Waals surface area contributed by atoms with Gasteiger partial charge < -0.3 is 10.0 Å². The third-order valence-corrected chi connectivity index (χ3v) is 1.97. The fourth-order valence-corrected chi connectivity index (χ4v) is 1.06. The maximum atomic E-state index is 9.16. The highest BCUT2D eigenvalue weighted by Gasteiger charge is 1.93. The smallest absolute Gasteiger partial charge is 0.133 e. The summed E-state index contributed by atoms with van der Waals surface area (Å²) in [4.78, 5) is 2.02. The highest BCUT2D eigenvalue weighted by atomic mass is 16.3. The molecule has 0 aliphatic heterocycles. The van der Waals surface area contributed by atoms with E-state index in [-0.39, 0.29) is 0 Å². The van der Waals surface area contributed by atoms with Crippen LogP contribution < -0.4 is 4.90 Å². The van der Waals surface area contributed by atoms with E-state index in [4.69, 9.17) is 5.11 Å². The second-order valence-corrected chi connectivity index (χ2v) is 3.39. The Balaban J connectivity index is 2.79. The topological polar surface area (TPSA) is 23.5 Å². The first kappa shape index (κ1) is 11.4. The summed E-state index contributed by atoms with van der Waals surface area (Å²) < 4.78 is 0. The van der Waals surface area contributed by atoms with Crippen LogP contribution in [0.15, 0.2) is 36.9 Å². The minimum atomic E-state index is -0.751. The Morgan fingerprint density at radius 3 is 2.40 bits per heavy atom. The second-order valence-electron chi connectivity index (χ2n) is 3.39. The molecule has 0 saturated carbocycles. The fourth-order valence-electron chi connectivity index (χ4n) is 1.06. The predicted molar refractivity (Wildman–Crippen MR) is 63.9 cm³/mol. The zero-order valence-electron chi connectivity index (χ0n) is 9.07. The van der Waals surface area contributed by atoms with Gasteiger partial charge in [0.05, 0.1) is 0 Å². The number of aliphatic hydroxyl groups excluding tert-OH is 1. The Bertz CT molecular complexity index is 381. The van der Waals surface area contributed by atoms with Gasteiger partial charge in [-0.15, -0.1) is 0 Å². The maximum Gasteiger partial charge on any atom is 0.133 e. The van der Waals surface area contributed by atoms with Crippen molar-refractivity contribution in [3.63, 3.8) is 0 Å². The van der Waals surface area contributed by atoms with Gasteiger partial charge in [-0.25, -0.2) is 0 Å². The monoisotopic (exact) mass is 201 g/mol. The summed E-state index contributed by atoms with van der Waals surface area (Å²) in [6.07, 6.45) is 0.653. The highest BCUT2D eigenvalue weighted by Crippen LogP contribution is 2.11. The molecule has 0 spiro atoms. The molecular formula is C13H15NO. The summed E-state index contributed by atoms with van der Waals surface area (Å²) in [5, 5.41) is 9.16. The number of hydrogen-bond donors (Lipinski definition) is 1. The van der Waals surface area contributed by atoms with Crippen LogP contribution in [0.5, 0.6) is 0 Å². The minimum absolute atomic E-state index is 0.751. The zero-order chi connectivity index (χ0) is 11.3. The molecule has 15 heavy (non-hydrogen) atoms. The molecule has 1 unspecified atom stereocenters. The van der Waals surface area contributed by atoms with Crippen LogP contribution in [0.3, 0.4) is 0 Å². The summed E-state index contributed by atoms with van der Waals surface area (Å²) in [6, 6.07) is 7.84. The van der Waals surface area contributed by atoms with Crippen molar-refractivity contribution in [2.75, 3.05) is 19.0 Å². The molecule has 2 heteroatoms. The number of nitrogens with zero attached hydrogens (tertiary/aromatic N) is 1. The Labute approximate surface area is 90.8 Å². The van der Waals surface area contributed by atoms with Gasteiger partial charge >= 0.3 is 0 Å². The first-order valence-electron chi connectivity index (χ1n) is 4.73. The summed E-state index contributed by atoms with van der Waals surface area (Å²) in [5.41, 5.74) is 2.02. The van der Waals surface area contributed by atoms with Crippen LogP contribution in [0.1, 0.15) is 5.56 Å². The summed E-state index contributed by atoms with van der Waals surface area (Å²) in [5.74, 6) is 5.54. The van der Waals surface area contributed by atoms with Gasteiger partial charge in [0, 0.05) is 25.3 Å². The van der Waals surface area contributed by atoms with Crippen LogP contribution in [0.25, 0.3) is 0 Å². The molecular weight excluding hydrogens is 186 g/mol. The number of rotatable bonds is 2. The molecule has 2 nitrogen and oxygen atoms in total. The van der Waals surface area contributed by atoms with Crippen molar-refractivity contribution in [1.82, 2.24) is 0 Å². The number of hydrogen-bond acceptors (Lipinski definition) is 2. The molecule has 1 aromatic carbocycles. The molecule has 0 aromatic heterocycles. The van der Waals surface area contributed by atoms with Crippen molar-refractivity contribution in [1.29, 1.82) is 0 Å². The van der Waals surface area contributed by atoms with Crippen molar-refractivity contribution in [3.8, 4) is 11.8 Å². The molecule has 1 rings (SSSR count). The molecule has 0 saturated heterocycles. The first-order chi connectivity index (χ1) is 7.13. The summed E-state index contributed by atoms with van der Waals surface area (Å²) >= 11 is 0. The molecule has 0 fully saturated rings. The standard InChI is InChI=1S/C13H15NO/c1-4-13(15)10-7-11-5-8-12(9-6-11)14(2)3/h4-6,8-9,13,15H,1H2,2-3H3. The zero-order valence-corrected chi connectivity index (χ0v) is 9.07. The molecule has 0 amide bonds. The first-order valence-corrected chi connectivity index (χ1v) is 4.73. The third kappa shape index (κ3) is 3.49. The molecule has 1 aromatic rings. The molecule has 0 heterocycles. The molecule has 0 bridgehead atoms. The van der Waals surface area contributed by atoms with Crippen LogP contribution in [0.2, 0.25) is 0 Å². The number of aliphatic hydroxyl groups is 1. The van der Waals surface area contributed by atoms with Crippen molar-refractivity contribution < 1.29 is 5.11 Å². The van der Waals surface area contributed by atoms with E-state index < -0.39 is 6.10 Å². The van der Waals surface area contributed by atoms with Gasteiger partial charge in [0.1, 0.15) is 6.10 Å². The second kappa shape index (κ2) is 5.23. The van der Waals surface area contributed by atoms with Gasteiger partial charge in [0.2, 0.25) is 0 Å². The lowest BCUT2D eigenvalue weighted by molar-refractivity contribution is 0.281. The van der Waals surface area contributed by atoms with E-state index in [2.05, 4.69) is 18.4 Å². The van der Waals surface area contributed by atoms with Crippen molar-refractivity contribution >= 4 is 5.69 Å². The Hall–Kier alpha value is -1.72. The third-order valence-electron chi connectivity index (χ3n) is 1.97. The lowest BCUT2D eigenvalue weighted by Crippen LogP contribution is -2.07. The van der Waals surface area contributed by atoms with E-state index in [1.54, 1.807) is 0 Å². The van der Waals surface area contributed by atoms with Crippen LogP contribution >= 0.6 is 0 Å². The molecule has 1 N–H and O–H groups in total. The molecule has 78 valence electrons. The lowest BCUT2D eigenvalue weighted by atomic mass is 10.2. The largest absolute Gasteiger partial charge is 0.378 e. The van der Waals surface area contributed by atoms with Gasteiger partial charge in [-0.2, -0.15) is 0 Å². The van der Waals surface area contributed by atoms with Crippen LogP contribution in [0.4, 0.5) is 5.69 Å². The average molecular weight is 201 g/mol. The predicted octanol–water partition coefficient (Wildman–Crippen LogP) is 1.65. The molecule has 0 aliphatic rings. The van der Waals surface area contributed by atoms with Crippen LogP contribution in [-0.4, -0.2) is 25.3 Å². The fraction of sp³-hybridized carbons (Fsp3) is 0.231. The Morgan fingerprint density at radius 2 is 1.93 bits per heavy atom. The summed E-state index contributed by atoms with van der Waals surface area (Å²) in [7, 11) is 3.98. The Morgan fingerprint density at radius 1 is 1.33 bits per heavy atom. The van der Waals surface area contributed by atoms with E-state index in [0.29, 0.717) is 0 Å². The number of anilines is 1. The quantitative estimate of drug-likeness (QED) is 0.581. The van der Waals surface area contributed by atoms with Crippen LogP contribution in [-0.2, 0) is 0 Å². The van der Waals surface area contributed by atoms with E-state index >= 15 is 0 Å². The van der Waals surface area contributed by atoms with Crippen molar-refractivity contribution in [2.45, 2.75) is 6.10 Å². The highest BCUT2D eigenvalue weighted by molar-refractivity contribution is 5.49. The van der Waals surface area contributed by atoms with E-state index in [1.807, 2.05) is 43.3 Å². The Kier molecular flexibility index (Phi) is 3.96. The van der Waals surface area contributed by atoms with Gasteiger partial charge in [0.15, 0.2) is 0 Å². The van der Waals surface area contributed by atoms with E-state index in [9.17, 15) is 0 Å². The molecule has 0 radical (unpaired) electrons.